The number of likely N-dealkylation sites (tertiary alicyclic amines) is 1. The molecule has 0 saturated carbocycles. The largest absolute Gasteiger partial charge is 0.382 e. The maximum absolute atomic E-state index is 9.32. The van der Waals surface area contributed by atoms with Crippen LogP contribution >= 0.6 is 11.6 Å². The Morgan fingerprint density at radius 3 is 2.86 bits per heavy atom. The van der Waals surface area contributed by atoms with E-state index in [9.17, 15) is 5.26 Å². The Morgan fingerprint density at radius 1 is 1.27 bits per heavy atom. The number of aromatic nitrogens is 1. The molecule has 2 aromatic rings. The lowest BCUT2D eigenvalue weighted by molar-refractivity contribution is 0.237. The lowest BCUT2D eigenvalue weighted by atomic mass is 10.1. The number of nitrogens with zero attached hydrogens (tertiary/aromatic N) is 3. The van der Waals surface area contributed by atoms with E-state index in [1.807, 2.05) is 18.2 Å². The van der Waals surface area contributed by atoms with Gasteiger partial charge in [-0.2, -0.15) is 5.26 Å². The normalized spacial score (nSPS) is 15.6. The number of rotatable bonds is 4. The lowest BCUT2D eigenvalue weighted by Crippen LogP contribution is -2.33. The smallest absolute Gasteiger partial charge is 0.103 e. The zero-order chi connectivity index (χ0) is 15.4. The van der Waals surface area contributed by atoms with Crippen molar-refractivity contribution in [3.8, 4) is 6.07 Å². The van der Waals surface area contributed by atoms with Gasteiger partial charge < -0.3 is 10.2 Å². The van der Waals surface area contributed by atoms with Crippen LogP contribution in [0.4, 0.5) is 5.69 Å². The van der Waals surface area contributed by atoms with Gasteiger partial charge in [-0.1, -0.05) is 18.0 Å². The van der Waals surface area contributed by atoms with Crippen LogP contribution in [0.2, 0.25) is 5.02 Å². The number of hydrogen-bond acceptors (Lipinski definition) is 4. The third-order valence-corrected chi connectivity index (χ3v) is 4.36. The van der Waals surface area contributed by atoms with E-state index in [2.05, 4.69) is 21.3 Å². The molecule has 1 fully saturated rings. The Morgan fingerprint density at radius 2 is 2.09 bits per heavy atom. The second-order valence-corrected chi connectivity index (χ2v) is 6.09. The summed E-state index contributed by atoms with van der Waals surface area (Å²) < 4.78 is 0. The Bertz CT molecular complexity index is 702. The van der Waals surface area contributed by atoms with Gasteiger partial charge in [-0.05, 0) is 44.1 Å². The highest BCUT2D eigenvalue weighted by Crippen LogP contribution is 2.28. The molecular weight excluding hydrogens is 296 g/mol. The van der Waals surface area contributed by atoms with Crippen LogP contribution < -0.4 is 5.32 Å². The van der Waals surface area contributed by atoms with Gasteiger partial charge in [-0.3, -0.25) is 4.98 Å². The second-order valence-electron chi connectivity index (χ2n) is 5.65. The molecule has 1 aliphatic rings. The molecule has 0 unspecified atom stereocenters. The highest BCUT2D eigenvalue weighted by atomic mass is 35.5. The molecule has 22 heavy (non-hydrogen) atoms. The van der Waals surface area contributed by atoms with Crippen LogP contribution in [-0.2, 0) is 0 Å². The summed E-state index contributed by atoms with van der Waals surface area (Å²) in [5.41, 5.74) is 2.25. The van der Waals surface area contributed by atoms with E-state index < -0.39 is 0 Å². The molecule has 0 atom stereocenters. The molecule has 1 saturated heterocycles. The summed E-state index contributed by atoms with van der Waals surface area (Å²) in [4.78, 5) is 6.79. The van der Waals surface area contributed by atoms with E-state index in [1.54, 1.807) is 6.20 Å². The number of halogens is 1. The number of nitriles is 1. The molecule has 114 valence electrons. The highest BCUT2D eigenvalue weighted by Gasteiger charge is 2.12. The fourth-order valence-corrected chi connectivity index (χ4v) is 3.13. The van der Waals surface area contributed by atoms with E-state index in [4.69, 9.17) is 11.6 Å². The van der Waals surface area contributed by atoms with Crippen LogP contribution in [0.1, 0.15) is 24.8 Å². The van der Waals surface area contributed by atoms with E-state index in [0.29, 0.717) is 10.6 Å². The summed E-state index contributed by atoms with van der Waals surface area (Å²) in [5, 5.41) is 14.3. The van der Waals surface area contributed by atoms with Gasteiger partial charge in [0.1, 0.15) is 6.07 Å². The first-order valence-electron chi connectivity index (χ1n) is 7.72. The van der Waals surface area contributed by atoms with Crippen molar-refractivity contribution >= 4 is 28.2 Å². The lowest BCUT2D eigenvalue weighted by Gasteiger charge is -2.26. The molecule has 1 aliphatic heterocycles. The first kappa shape index (κ1) is 15.1. The van der Waals surface area contributed by atoms with E-state index >= 15 is 0 Å². The van der Waals surface area contributed by atoms with Gasteiger partial charge in [-0.25, -0.2) is 0 Å². The zero-order valence-corrected chi connectivity index (χ0v) is 13.2. The van der Waals surface area contributed by atoms with Crippen molar-refractivity contribution in [3.05, 3.63) is 35.0 Å². The zero-order valence-electron chi connectivity index (χ0n) is 12.5. The molecular formula is C17H19ClN4. The summed E-state index contributed by atoms with van der Waals surface area (Å²) in [6.45, 7) is 4.17. The fourth-order valence-electron chi connectivity index (χ4n) is 2.96. The maximum Gasteiger partial charge on any atom is 0.103 e. The predicted molar refractivity (Wildman–Crippen MR) is 90.2 cm³/mol. The van der Waals surface area contributed by atoms with Gasteiger partial charge in [0.05, 0.1) is 16.8 Å². The van der Waals surface area contributed by atoms with Crippen molar-refractivity contribution in [2.45, 2.75) is 19.3 Å². The molecule has 5 heteroatoms. The fraction of sp³-hybridized carbons (Fsp3) is 0.412. The monoisotopic (exact) mass is 314 g/mol. The van der Waals surface area contributed by atoms with Gasteiger partial charge in [0, 0.05) is 29.7 Å². The molecule has 1 aromatic heterocycles. The average Bonchev–Trinajstić information content (AvgIpc) is 2.56. The van der Waals surface area contributed by atoms with Crippen molar-refractivity contribution in [3.63, 3.8) is 0 Å². The predicted octanol–water partition coefficient (Wildman–Crippen LogP) is 3.66. The van der Waals surface area contributed by atoms with Crippen LogP contribution in [0, 0.1) is 11.3 Å². The Labute approximate surface area is 135 Å². The quantitative estimate of drug-likeness (QED) is 0.935. The highest BCUT2D eigenvalue weighted by molar-refractivity contribution is 6.31. The molecule has 0 spiro atoms. The van der Waals surface area contributed by atoms with Crippen LogP contribution in [0.3, 0.4) is 0 Å². The van der Waals surface area contributed by atoms with Crippen molar-refractivity contribution in [2.75, 3.05) is 31.5 Å². The van der Waals surface area contributed by atoms with Crippen LogP contribution in [0.5, 0.6) is 0 Å². The van der Waals surface area contributed by atoms with E-state index in [0.717, 1.165) is 29.7 Å². The van der Waals surface area contributed by atoms with Crippen LogP contribution in [0.25, 0.3) is 10.9 Å². The maximum atomic E-state index is 9.32. The minimum Gasteiger partial charge on any atom is -0.382 e. The minimum atomic E-state index is 0.563. The summed E-state index contributed by atoms with van der Waals surface area (Å²) in [6.07, 6.45) is 5.55. The summed E-state index contributed by atoms with van der Waals surface area (Å²) >= 11 is 6.10. The third-order valence-electron chi connectivity index (χ3n) is 4.13. The number of benzene rings is 1. The molecule has 0 amide bonds. The second kappa shape index (κ2) is 6.95. The number of piperidine rings is 1. The van der Waals surface area contributed by atoms with Gasteiger partial charge in [0.25, 0.3) is 0 Å². The summed E-state index contributed by atoms with van der Waals surface area (Å²) in [6, 6.07) is 7.79. The number of nitrogens with one attached hydrogen (secondary N) is 1. The number of anilines is 1. The van der Waals surface area contributed by atoms with Gasteiger partial charge in [0.2, 0.25) is 0 Å². The molecule has 1 aromatic carbocycles. The van der Waals surface area contributed by atoms with Crippen molar-refractivity contribution < 1.29 is 0 Å². The van der Waals surface area contributed by atoms with Crippen LogP contribution in [-0.4, -0.2) is 36.1 Å². The standard InChI is InChI=1S/C17H19ClN4/c18-14-4-5-16-15(10-14)17(13(11-19)12-21-16)20-6-9-22-7-2-1-3-8-22/h4-5,10,12H,1-3,6-9H2,(H,20,21). The van der Waals surface area contributed by atoms with Crippen molar-refractivity contribution in [1.82, 2.24) is 9.88 Å². The first-order valence-corrected chi connectivity index (χ1v) is 8.10. The van der Waals surface area contributed by atoms with Gasteiger partial charge in [0.15, 0.2) is 0 Å². The topological polar surface area (TPSA) is 52.0 Å². The number of fused-ring (bicyclic) bond motifs is 1. The van der Waals surface area contributed by atoms with Crippen LogP contribution in [0.15, 0.2) is 24.4 Å². The molecule has 0 bridgehead atoms. The van der Waals surface area contributed by atoms with Crippen molar-refractivity contribution in [2.24, 2.45) is 0 Å². The molecule has 0 aliphatic carbocycles. The Balaban J connectivity index is 1.79. The van der Waals surface area contributed by atoms with E-state index in [-0.39, 0.29) is 0 Å². The van der Waals surface area contributed by atoms with Gasteiger partial charge >= 0.3 is 0 Å². The molecule has 1 N–H and O–H groups in total. The summed E-state index contributed by atoms with van der Waals surface area (Å²) in [5.74, 6) is 0. The number of pyridine rings is 1. The van der Waals surface area contributed by atoms with E-state index in [1.165, 1.54) is 32.4 Å². The third kappa shape index (κ3) is 3.32. The molecule has 4 nitrogen and oxygen atoms in total. The SMILES string of the molecule is N#Cc1cnc2ccc(Cl)cc2c1NCCN1CCCCC1. The van der Waals surface area contributed by atoms with Crippen molar-refractivity contribution in [1.29, 1.82) is 5.26 Å². The first-order chi connectivity index (χ1) is 10.8. The van der Waals surface area contributed by atoms with Gasteiger partial charge in [-0.15, -0.1) is 0 Å². The molecule has 0 radical (unpaired) electrons. The molecule has 3 rings (SSSR count). The summed E-state index contributed by atoms with van der Waals surface area (Å²) in [7, 11) is 0. The average molecular weight is 315 g/mol. The Hall–Kier alpha value is -1.83. The number of hydrogen-bond donors (Lipinski definition) is 1. The minimum absolute atomic E-state index is 0.563. The Kier molecular flexibility index (Phi) is 4.77. The molecule has 2 heterocycles.